The molecule has 0 radical (unpaired) electrons. The summed E-state index contributed by atoms with van der Waals surface area (Å²) in [5.41, 5.74) is 2.67. The van der Waals surface area contributed by atoms with E-state index >= 15 is 0 Å². The molecule has 1 aromatic carbocycles. The van der Waals surface area contributed by atoms with Gasteiger partial charge in [-0.2, -0.15) is 0 Å². The number of carbonyl (C=O) groups excluding carboxylic acids is 1. The number of halogens is 1. The van der Waals surface area contributed by atoms with Crippen LogP contribution in [0.3, 0.4) is 0 Å². The molecule has 1 amide bonds. The van der Waals surface area contributed by atoms with Crippen molar-refractivity contribution in [3.63, 3.8) is 0 Å². The molecule has 140 valence electrons. The molecule has 1 aliphatic heterocycles. The van der Waals surface area contributed by atoms with Crippen LogP contribution in [0.2, 0.25) is 5.02 Å². The summed E-state index contributed by atoms with van der Waals surface area (Å²) in [5.74, 6) is 1.03. The smallest absolute Gasteiger partial charge is 0.254 e. The summed E-state index contributed by atoms with van der Waals surface area (Å²) in [5, 5.41) is 9.83. The molecule has 6 heteroatoms. The minimum atomic E-state index is 0.0240. The Kier molecular flexibility index (Phi) is 5.89. The maximum Gasteiger partial charge on any atom is 0.254 e. The zero-order valence-corrected chi connectivity index (χ0v) is 16.1. The maximum absolute atomic E-state index is 12.9. The number of aromatic hydroxyl groups is 1. The first-order valence-electron chi connectivity index (χ1n) is 8.96. The molecular weight excluding hydrogens is 352 g/mol. The zero-order valence-electron chi connectivity index (χ0n) is 15.3. The Labute approximate surface area is 159 Å². The third kappa shape index (κ3) is 4.22. The van der Waals surface area contributed by atoms with Crippen molar-refractivity contribution in [3.05, 3.63) is 46.2 Å². The van der Waals surface area contributed by atoms with Gasteiger partial charge in [-0.25, -0.2) is 0 Å². The second-order valence-electron chi connectivity index (χ2n) is 6.96. The van der Waals surface area contributed by atoms with Crippen LogP contribution in [-0.4, -0.2) is 49.7 Å². The minimum absolute atomic E-state index is 0.0240. The molecule has 0 spiro atoms. The van der Waals surface area contributed by atoms with Crippen molar-refractivity contribution in [2.45, 2.75) is 25.7 Å². The van der Waals surface area contributed by atoms with E-state index in [1.807, 2.05) is 6.08 Å². The van der Waals surface area contributed by atoms with Crippen LogP contribution in [0.4, 0.5) is 5.69 Å². The summed E-state index contributed by atoms with van der Waals surface area (Å²) in [7, 11) is 4.11. The van der Waals surface area contributed by atoms with E-state index in [4.69, 9.17) is 16.3 Å². The van der Waals surface area contributed by atoms with Gasteiger partial charge < -0.3 is 19.6 Å². The summed E-state index contributed by atoms with van der Waals surface area (Å²) in [6.07, 6.45) is 5.30. The number of phenols is 1. The third-order valence-electron chi connectivity index (χ3n) is 4.73. The van der Waals surface area contributed by atoms with Crippen molar-refractivity contribution in [1.29, 1.82) is 0 Å². The molecule has 0 fully saturated rings. The van der Waals surface area contributed by atoms with Crippen LogP contribution in [0.5, 0.6) is 5.75 Å². The third-order valence-corrected chi connectivity index (χ3v) is 5.04. The quantitative estimate of drug-likeness (QED) is 0.769. The first-order chi connectivity index (χ1) is 12.5. The van der Waals surface area contributed by atoms with Gasteiger partial charge in [0.15, 0.2) is 0 Å². The summed E-state index contributed by atoms with van der Waals surface area (Å²) >= 11 is 5.99. The maximum atomic E-state index is 12.9. The Balaban J connectivity index is 1.68. The number of hydrogen-bond acceptors (Lipinski definition) is 4. The number of allylic oxidation sites excluding steroid dienone is 2. The van der Waals surface area contributed by atoms with Gasteiger partial charge in [0.25, 0.3) is 5.91 Å². The van der Waals surface area contributed by atoms with Crippen LogP contribution in [0.25, 0.3) is 0 Å². The second-order valence-corrected chi connectivity index (χ2v) is 7.37. The number of nitrogens with zero attached hydrogens (tertiary/aromatic N) is 2. The van der Waals surface area contributed by atoms with E-state index in [2.05, 4.69) is 19.0 Å². The van der Waals surface area contributed by atoms with Gasteiger partial charge in [-0.05, 0) is 63.2 Å². The van der Waals surface area contributed by atoms with Gasteiger partial charge in [0.2, 0.25) is 0 Å². The zero-order chi connectivity index (χ0) is 18.7. The molecule has 0 bridgehead atoms. The molecule has 1 aliphatic carbocycles. The summed E-state index contributed by atoms with van der Waals surface area (Å²) in [6, 6.07) is 4.89. The number of rotatable bonds is 6. The van der Waals surface area contributed by atoms with Crippen molar-refractivity contribution >= 4 is 23.2 Å². The van der Waals surface area contributed by atoms with E-state index in [0.29, 0.717) is 19.6 Å². The van der Waals surface area contributed by atoms with Crippen LogP contribution in [0, 0.1) is 0 Å². The summed E-state index contributed by atoms with van der Waals surface area (Å²) in [6.45, 7) is 2.31. The Bertz CT molecular complexity index is 755. The molecule has 1 N–H and O–H groups in total. The molecule has 3 rings (SSSR count). The van der Waals surface area contributed by atoms with Gasteiger partial charge in [0, 0.05) is 30.8 Å². The van der Waals surface area contributed by atoms with Gasteiger partial charge in [-0.15, -0.1) is 0 Å². The first-order valence-corrected chi connectivity index (χ1v) is 9.34. The molecular formula is C20H25ClN2O3. The fourth-order valence-corrected chi connectivity index (χ4v) is 3.51. The molecule has 0 atom stereocenters. The lowest BCUT2D eigenvalue weighted by Crippen LogP contribution is -2.38. The fraction of sp³-hybridized carbons (Fsp3) is 0.450. The van der Waals surface area contributed by atoms with Crippen molar-refractivity contribution in [2.24, 2.45) is 0 Å². The van der Waals surface area contributed by atoms with Gasteiger partial charge in [0.05, 0.1) is 17.4 Å². The second kappa shape index (κ2) is 8.14. The van der Waals surface area contributed by atoms with Crippen molar-refractivity contribution in [3.8, 4) is 5.75 Å². The number of amides is 1. The van der Waals surface area contributed by atoms with E-state index in [1.165, 1.54) is 6.07 Å². The van der Waals surface area contributed by atoms with E-state index in [9.17, 15) is 9.90 Å². The number of benzene rings is 1. The number of phenolic OH excluding ortho intramolecular Hbond substituents is 1. The van der Waals surface area contributed by atoms with E-state index < -0.39 is 0 Å². The van der Waals surface area contributed by atoms with Crippen LogP contribution < -0.4 is 4.90 Å². The van der Waals surface area contributed by atoms with Gasteiger partial charge in [0.1, 0.15) is 5.75 Å². The molecule has 1 aromatic rings. The number of carbonyl (C=O) groups is 1. The Morgan fingerprint density at radius 2 is 2.08 bits per heavy atom. The Morgan fingerprint density at radius 3 is 2.81 bits per heavy atom. The minimum Gasteiger partial charge on any atom is -0.506 e. The lowest BCUT2D eigenvalue weighted by molar-refractivity contribution is -0.115. The Hall–Kier alpha value is -1.98. The molecule has 5 nitrogen and oxygen atoms in total. The van der Waals surface area contributed by atoms with Crippen LogP contribution in [-0.2, 0) is 9.53 Å². The lowest BCUT2D eigenvalue weighted by Gasteiger charge is -2.32. The van der Waals surface area contributed by atoms with Gasteiger partial charge in [-0.3, -0.25) is 4.79 Å². The van der Waals surface area contributed by atoms with E-state index in [-0.39, 0.29) is 16.7 Å². The molecule has 0 saturated heterocycles. The average Bonchev–Trinajstić information content (AvgIpc) is 2.61. The van der Waals surface area contributed by atoms with Crippen LogP contribution >= 0.6 is 11.6 Å². The molecule has 0 aromatic heterocycles. The largest absolute Gasteiger partial charge is 0.506 e. The van der Waals surface area contributed by atoms with Crippen LogP contribution in [0.1, 0.15) is 25.7 Å². The van der Waals surface area contributed by atoms with E-state index in [1.54, 1.807) is 17.0 Å². The lowest BCUT2D eigenvalue weighted by atomic mass is 9.90. The highest BCUT2D eigenvalue weighted by atomic mass is 35.5. The van der Waals surface area contributed by atoms with Crippen molar-refractivity contribution in [2.75, 3.05) is 38.7 Å². The summed E-state index contributed by atoms with van der Waals surface area (Å²) in [4.78, 5) is 16.8. The Morgan fingerprint density at radius 1 is 1.27 bits per heavy atom. The van der Waals surface area contributed by atoms with Gasteiger partial charge in [-0.1, -0.05) is 11.6 Å². The van der Waals surface area contributed by atoms with Crippen molar-refractivity contribution < 1.29 is 14.6 Å². The number of anilines is 1. The fourth-order valence-electron chi connectivity index (χ4n) is 3.33. The van der Waals surface area contributed by atoms with Crippen LogP contribution in [0.15, 0.2) is 41.2 Å². The normalized spacial score (nSPS) is 17.5. The van der Waals surface area contributed by atoms with Gasteiger partial charge >= 0.3 is 0 Å². The summed E-state index contributed by atoms with van der Waals surface area (Å²) < 4.78 is 5.89. The molecule has 2 aliphatic rings. The predicted octanol–water partition coefficient (Wildman–Crippen LogP) is 3.72. The average molecular weight is 377 g/mol. The van der Waals surface area contributed by atoms with Crippen molar-refractivity contribution in [1.82, 2.24) is 4.90 Å². The SMILES string of the molecule is CN(C)CCCOC1=CC2=C(CC1)C(=O)N(c1ccc(O)c(Cl)c1)CC2. The molecule has 0 unspecified atom stereocenters. The van der Waals surface area contributed by atoms with E-state index in [0.717, 1.165) is 48.4 Å². The highest BCUT2D eigenvalue weighted by Gasteiger charge is 2.29. The first kappa shape index (κ1) is 18.8. The predicted molar refractivity (Wildman–Crippen MR) is 104 cm³/mol. The monoisotopic (exact) mass is 376 g/mol. The topological polar surface area (TPSA) is 53.0 Å². The highest BCUT2D eigenvalue weighted by Crippen LogP contribution is 2.35. The highest BCUT2D eigenvalue weighted by molar-refractivity contribution is 6.32. The molecule has 0 saturated carbocycles. The molecule has 1 heterocycles. The number of ether oxygens (including phenoxy) is 1. The standard InChI is InChI=1S/C20H25ClN2O3/c1-22(2)9-3-11-26-16-5-6-17-14(12-16)8-10-23(20(17)25)15-4-7-19(24)18(21)13-15/h4,7,12-13,24H,3,5-6,8-11H2,1-2H3. The number of hydrogen-bond donors (Lipinski definition) is 1. The molecule has 26 heavy (non-hydrogen) atoms.